The molecule has 2 atom stereocenters. The Bertz CT molecular complexity index is 410. The highest BCUT2D eigenvalue weighted by atomic mass is 35.5. The molecule has 1 fully saturated rings. The number of carbonyl (C=O) groups excluding carboxylic acids is 1. The van der Waals surface area contributed by atoms with Gasteiger partial charge >= 0.3 is 0 Å². The minimum Gasteiger partial charge on any atom is -0.335 e. The van der Waals surface area contributed by atoms with Crippen molar-refractivity contribution in [3.63, 3.8) is 0 Å². The molecule has 0 bridgehead atoms. The van der Waals surface area contributed by atoms with Crippen LogP contribution in [0.2, 0.25) is 0 Å². The molecule has 2 unspecified atom stereocenters. The summed E-state index contributed by atoms with van der Waals surface area (Å²) in [5.74, 6) is 0.0751. The number of nitrogens with two attached hydrogens (primary N) is 1. The molecule has 2 N–H and O–H groups in total. The zero-order valence-corrected chi connectivity index (χ0v) is 12.9. The molecular formula is C12H22Cl2N4O. The van der Waals surface area contributed by atoms with Gasteiger partial charge in [-0.3, -0.25) is 9.48 Å². The third kappa shape index (κ3) is 3.84. The Morgan fingerprint density at radius 3 is 2.79 bits per heavy atom. The molecule has 1 aliphatic rings. The average Bonchev–Trinajstić information content (AvgIpc) is 2.94. The highest BCUT2D eigenvalue weighted by Gasteiger charge is 2.32. The van der Waals surface area contributed by atoms with E-state index in [2.05, 4.69) is 5.10 Å². The van der Waals surface area contributed by atoms with E-state index < -0.39 is 0 Å². The number of amides is 1. The first kappa shape index (κ1) is 18.2. The second-order valence-electron chi connectivity index (χ2n) is 4.77. The molecule has 1 aromatic heterocycles. The number of rotatable bonds is 3. The van der Waals surface area contributed by atoms with Gasteiger partial charge in [0.2, 0.25) is 5.91 Å². The quantitative estimate of drug-likeness (QED) is 0.921. The number of hydrogen-bond acceptors (Lipinski definition) is 3. The summed E-state index contributed by atoms with van der Waals surface area (Å²) in [5, 5.41) is 4.17. The normalized spacial score (nSPS) is 19.5. The topological polar surface area (TPSA) is 64.2 Å². The standard InChI is InChI=1S/C12H20N4O.2ClH/c1-9(6-13)12(17)16-5-3-4-11(16)10-7-14-15(2)8-10;;/h7-9,11H,3-6,13H2,1-2H3;2*1H. The van der Waals surface area contributed by atoms with Gasteiger partial charge in [0.25, 0.3) is 0 Å². The Balaban J connectivity index is 0.00000162. The zero-order valence-electron chi connectivity index (χ0n) is 11.3. The number of likely N-dealkylation sites (tertiary alicyclic amines) is 1. The second-order valence-corrected chi connectivity index (χ2v) is 4.77. The van der Waals surface area contributed by atoms with Crippen molar-refractivity contribution in [3.05, 3.63) is 18.0 Å². The van der Waals surface area contributed by atoms with E-state index in [9.17, 15) is 4.79 Å². The third-order valence-electron chi connectivity index (χ3n) is 3.42. The minimum atomic E-state index is -0.0905. The number of halogens is 2. The highest BCUT2D eigenvalue weighted by molar-refractivity contribution is 5.85. The predicted molar refractivity (Wildman–Crippen MR) is 79.6 cm³/mol. The van der Waals surface area contributed by atoms with E-state index >= 15 is 0 Å². The number of aromatic nitrogens is 2. The molecule has 0 aromatic carbocycles. The van der Waals surface area contributed by atoms with Crippen LogP contribution in [-0.2, 0) is 11.8 Å². The van der Waals surface area contributed by atoms with Crippen LogP contribution < -0.4 is 5.73 Å². The van der Waals surface area contributed by atoms with Crippen LogP contribution in [0.1, 0.15) is 31.4 Å². The lowest BCUT2D eigenvalue weighted by molar-refractivity contribution is -0.135. The summed E-state index contributed by atoms with van der Waals surface area (Å²) < 4.78 is 1.78. The summed E-state index contributed by atoms with van der Waals surface area (Å²) in [7, 11) is 1.90. The molecule has 5 nitrogen and oxygen atoms in total. The average molecular weight is 309 g/mol. The first-order chi connectivity index (χ1) is 8.13. The minimum absolute atomic E-state index is 0. The predicted octanol–water partition coefficient (Wildman–Crippen LogP) is 1.52. The molecule has 19 heavy (non-hydrogen) atoms. The monoisotopic (exact) mass is 308 g/mol. The molecule has 1 aromatic rings. The van der Waals surface area contributed by atoms with Crippen molar-refractivity contribution in [3.8, 4) is 0 Å². The van der Waals surface area contributed by atoms with E-state index in [1.54, 1.807) is 4.68 Å². The first-order valence-electron chi connectivity index (χ1n) is 6.12. The van der Waals surface area contributed by atoms with Crippen LogP contribution in [0.4, 0.5) is 0 Å². The maximum atomic E-state index is 12.2. The third-order valence-corrected chi connectivity index (χ3v) is 3.42. The van der Waals surface area contributed by atoms with Crippen molar-refractivity contribution >= 4 is 30.7 Å². The lowest BCUT2D eigenvalue weighted by Gasteiger charge is -2.26. The fourth-order valence-corrected chi connectivity index (χ4v) is 2.37. The number of aryl methyl sites for hydroxylation is 1. The molecule has 0 aliphatic carbocycles. The van der Waals surface area contributed by atoms with Crippen LogP contribution in [0.3, 0.4) is 0 Å². The molecule has 1 saturated heterocycles. The molecule has 1 aliphatic heterocycles. The van der Waals surface area contributed by atoms with E-state index in [1.165, 1.54) is 0 Å². The Hall–Kier alpha value is -0.780. The Kier molecular flexibility index (Phi) is 7.41. The van der Waals surface area contributed by atoms with Gasteiger partial charge in [-0.2, -0.15) is 5.10 Å². The Morgan fingerprint density at radius 1 is 1.58 bits per heavy atom. The van der Waals surface area contributed by atoms with E-state index in [-0.39, 0.29) is 42.7 Å². The van der Waals surface area contributed by atoms with Crippen molar-refractivity contribution in [2.24, 2.45) is 18.7 Å². The van der Waals surface area contributed by atoms with Crippen LogP contribution in [0, 0.1) is 5.92 Å². The van der Waals surface area contributed by atoms with Gasteiger partial charge in [0.05, 0.1) is 12.2 Å². The van der Waals surface area contributed by atoms with Gasteiger partial charge in [-0.25, -0.2) is 0 Å². The second kappa shape index (κ2) is 7.72. The summed E-state index contributed by atoms with van der Waals surface area (Å²) in [6.07, 6.45) is 5.92. The van der Waals surface area contributed by atoms with Gasteiger partial charge in [-0.15, -0.1) is 24.8 Å². The van der Waals surface area contributed by atoms with Crippen LogP contribution in [0.15, 0.2) is 12.4 Å². The number of carbonyl (C=O) groups is 1. The fourth-order valence-electron chi connectivity index (χ4n) is 2.37. The molecular weight excluding hydrogens is 287 g/mol. The summed E-state index contributed by atoms with van der Waals surface area (Å²) in [6.45, 7) is 3.14. The summed E-state index contributed by atoms with van der Waals surface area (Å²) in [5.41, 5.74) is 6.69. The van der Waals surface area contributed by atoms with Gasteiger partial charge in [0, 0.05) is 37.8 Å². The summed E-state index contributed by atoms with van der Waals surface area (Å²) in [4.78, 5) is 14.1. The molecule has 1 amide bonds. The van der Waals surface area contributed by atoms with Crippen molar-refractivity contribution in [2.75, 3.05) is 13.1 Å². The maximum Gasteiger partial charge on any atom is 0.227 e. The molecule has 2 heterocycles. The zero-order chi connectivity index (χ0) is 12.4. The largest absolute Gasteiger partial charge is 0.335 e. The maximum absolute atomic E-state index is 12.2. The fraction of sp³-hybridized carbons (Fsp3) is 0.667. The lowest BCUT2D eigenvalue weighted by Crippen LogP contribution is -2.37. The van der Waals surface area contributed by atoms with Crippen molar-refractivity contribution < 1.29 is 4.79 Å². The molecule has 0 saturated carbocycles. The van der Waals surface area contributed by atoms with Crippen molar-refractivity contribution in [2.45, 2.75) is 25.8 Å². The molecule has 2 rings (SSSR count). The van der Waals surface area contributed by atoms with Crippen molar-refractivity contribution in [1.29, 1.82) is 0 Å². The van der Waals surface area contributed by atoms with E-state index in [1.807, 2.05) is 31.3 Å². The van der Waals surface area contributed by atoms with E-state index in [4.69, 9.17) is 5.73 Å². The van der Waals surface area contributed by atoms with Gasteiger partial charge in [-0.05, 0) is 12.8 Å². The van der Waals surface area contributed by atoms with Gasteiger partial charge < -0.3 is 10.6 Å². The van der Waals surface area contributed by atoms with Gasteiger partial charge in [0.15, 0.2) is 0 Å². The SMILES string of the molecule is CC(CN)C(=O)N1CCCC1c1cnn(C)c1.Cl.Cl. The van der Waals surface area contributed by atoms with Gasteiger partial charge in [0.1, 0.15) is 0 Å². The van der Waals surface area contributed by atoms with Crippen LogP contribution in [-0.4, -0.2) is 33.7 Å². The molecule has 0 spiro atoms. The van der Waals surface area contributed by atoms with Crippen LogP contribution in [0.5, 0.6) is 0 Å². The number of hydrogen-bond donors (Lipinski definition) is 1. The van der Waals surface area contributed by atoms with E-state index in [0.717, 1.165) is 24.9 Å². The number of nitrogens with zero attached hydrogens (tertiary/aromatic N) is 3. The molecule has 110 valence electrons. The smallest absolute Gasteiger partial charge is 0.227 e. The lowest BCUT2D eigenvalue weighted by atomic mass is 10.1. The van der Waals surface area contributed by atoms with E-state index in [0.29, 0.717) is 6.54 Å². The summed E-state index contributed by atoms with van der Waals surface area (Å²) >= 11 is 0. The molecule has 0 radical (unpaired) electrons. The Morgan fingerprint density at radius 2 is 2.26 bits per heavy atom. The van der Waals surface area contributed by atoms with Gasteiger partial charge in [-0.1, -0.05) is 6.92 Å². The first-order valence-corrected chi connectivity index (χ1v) is 6.12. The summed E-state index contributed by atoms with van der Waals surface area (Å²) in [6, 6.07) is 0.185. The highest BCUT2D eigenvalue weighted by Crippen LogP contribution is 2.32. The van der Waals surface area contributed by atoms with Crippen LogP contribution in [0.25, 0.3) is 0 Å². The van der Waals surface area contributed by atoms with Crippen molar-refractivity contribution in [1.82, 2.24) is 14.7 Å². The Labute approximate surface area is 126 Å². The van der Waals surface area contributed by atoms with Crippen LogP contribution >= 0.6 is 24.8 Å². The molecule has 7 heteroatoms.